The molecule has 1 amide bonds. The first kappa shape index (κ1) is 16.6. The zero-order valence-electron chi connectivity index (χ0n) is 13.6. The average molecular weight is 378 g/mol. The molecule has 0 aliphatic heterocycles. The van der Waals surface area contributed by atoms with E-state index in [0.717, 1.165) is 21.1 Å². The summed E-state index contributed by atoms with van der Waals surface area (Å²) in [6.45, 7) is 0. The molecule has 5 nitrogen and oxygen atoms in total. The summed E-state index contributed by atoms with van der Waals surface area (Å²) in [5.41, 5.74) is 2.54. The van der Waals surface area contributed by atoms with Gasteiger partial charge in [0, 0.05) is 17.4 Å². The maximum atomic E-state index is 12.4. The molecule has 0 saturated heterocycles. The van der Waals surface area contributed by atoms with Crippen molar-refractivity contribution in [3.05, 3.63) is 82.3 Å². The van der Waals surface area contributed by atoms with Crippen LogP contribution in [0.4, 0.5) is 5.13 Å². The number of hydrogen-bond donors (Lipinski definition) is 1. The Morgan fingerprint density at radius 1 is 0.962 bits per heavy atom. The molecular weight excluding hydrogens is 364 g/mol. The van der Waals surface area contributed by atoms with Crippen molar-refractivity contribution in [2.24, 2.45) is 0 Å². The largest absolute Gasteiger partial charge is 0.295 e. The molecule has 0 aliphatic carbocycles. The minimum Gasteiger partial charge on any atom is -0.295 e. The Balaban J connectivity index is 1.43. The van der Waals surface area contributed by atoms with E-state index in [1.807, 2.05) is 60.7 Å². The molecule has 7 heteroatoms. The summed E-state index contributed by atoms with van der Waals surface area (Å²) in [7, 11) is 0. The standard InChI is InChI=1S/C19H14N4OS2/c24-17(15-12-25-18(20-15)14-9-5-2-6-10-14)21-19-23-22-16(26-19)11-13-7-3-1-4-8-13/h1-10,12H,11H2,(H,21,23,24). The van der Waals surface area contributed by atoms with E-state index in [1.54, 1.807) is 5.38 Å². The minimum absolute atomic E-state index is 0.272. The van der Waals surface area contributed by atoms with Gasteiger partial charge in [-0.3, -0.25) is 10.1 Å². The van der Waals surface area contributed by atoms with Crippen LogP contribution in [0.1, 0.15) is 21.1 Å². The molecule has 0 atom stereocenters. The predicted molar refractivity (Wildman–Crippen MR) is 105 cm³/mol. The van der Waals surface area contributed by atoms with Crippen LogP contribution in [0.25, 0.3) is 10.6 Å². The summed E-state index contributed by atoms with van der Waals surface area (Å²) in [5.74, 6) is -0.272. The molecule has 0 unspecified atom stereocenters. The molecule has 128 valence electrons. The van der Waals surface area contributed by atoms with E-state index in [2.05, 4.69) is 20.5 Å². The van der Waals surface area contributed by atoms with Gasteiger partial charge in [0.15, 0.2) is 0 Å². The Morgan fingerprint density at radius 2 is 1.69 bits per heavy atom. The first-order valence-electron chi connectivity index (χ1n) is 7.96. The molecule has 4 rings (SSSR count). The highest BCUT2D eigenvalue weighted by Crippen LogP contribution is 2.24. The number of anilines is 1. The zero-order chi connectivity index (χ0) is 17.8. The van der Waals surface area contributed by atoms with Gasteiger partial charge in [0.25, 0.3) is 5.91 Å². The monoisotopic (exact) mass is 378 g/mol. The zero-order valence-corrected chi connectivity index (χ0v) is 15.3. The van der Waals surface area contributed by atoms with E-state index in [1.165, 1.54) is 22.7 Å². The number of amides is 1. The molecule has 0 aliphatic rings. The van der Waals surface area contributed by atoms with Gasteiger partial charge in [-0.2, -0.15) is 0 Å². The van der Waals surface area contributed by atoms with Crippen molar-refractivity contribution in [3.8, 4) is 10.6 Å². The van der Waals surface area contributed by atoms with Crippen molar-refractivity contribution in [2.45, 2.75) is 6.42 Å². The summed E-state index contributed by atoms with van der Waals surface area (Å²) >= 11 is 2.82. The predicted octanol–water partition coefficient (Wildman–Crippen LogP) is 4.50. The van der Waals surface area contributed by atoms with Crippen molar-refractivity contribution in [1.82, 2.24) is 15.2 Å². The third-order valence-corrected chi connectivity index (χ3v) is 5.37. The van der Waals surface area contributed by atoms with Crippen molar-refractivity contribution >= 4 is 33.7 Å². The van der Waals surface area contributed by atoms with Crippen LogP contribution in [0.2, 0.25) is 0 Å². The Morgan fingerprint density at radius 3 is 2.46 bits per heavy atom. The van der Waals surface area contributed by atoms with Gasteiger partial charge >= 0.3 is 0 Å². The fourth-order valence-corrected chi connectivity index (χ4v) is 3.97. The van der Waals surface area contributed by atoms with Crippen LogP contribution < -0.4 is 5.32 Å². The summed E-state index contributed by atoms with van der Waals surface area (Å²) in [6, 6.07) is 19.8. The first-order chi connectivity index (χ1) is 12.8. The van der Waals surface area contributed by atoms with Crippen molar-refractivity contribution in [3.63, 3.8) is 0 Å². The van der Waals surface area contributed by atoms with Gasteiger partial charge in [0.1, 0.15) is 15.7 Å². The quantitative estimate of drug-likeness (QED) is 0.555. The number of thiazole rings is 1. The fraction of sp³-hybridized carbons (Fsp3) is 0.0526. The Hall–Kier alpha value is -2.90. The number of hydrogen-bond acceptors (Lipinski definition) is 6. The summed E-state index contributed by atoms with van der Waals surface area (Å²) in [5, 5.41) is 14.9. The van der Waals surface area contributed by atoms with E-state index < -0.39 is 0 Å². The SMILES string of the molecule is O=C(Nc1nnc(Cc2ccccc2)s1)c1csc(-c2ccccc2)n1. The lowest BCUT2D eigenvalue weighted by Crippen LogP contribution is -2.12. The van der Waals surface area contributed by atoms with Gasteiger partial charge < -0.3 is 0 Å². The van der Waals surface area contributed by atoms with Crippen LogP contribution in [0, 0.1) is 0 Å². The fourth-order valence-electron chi connectivity index (χ4n) is 2.40. The number of carbonyl (C=O) groups is 1. The summed E-state index contributed by atoms with van der Waals surface area (Å²) < 4.78 is 0. The van der Waals surface area contributed by atoms with Crippen LogP contribution in [0.15, 0.2) is 66.0 Å². The van der Waals surface area contributed by atoms with Crippen LogP contribution >= 0.6 is 22.7 Å². The normalized spacial score (nSPS) is 10.6. The van der Waals surface area contributed by atoms with Gasteiger partial charge in [-0.1, -0.05) is 72.0 Å². The third kappa shape index (κ3) is 3.84. The van der Waals surface area contributed by atoms with Gasteiger partial charge in [-0.25, -0.2) is 4.98 Å². The molecule has 0 radical (unpaired) electrons. The lowest BCUT2D eigenvalue weighted by Gasteiger charge is -1.97. The van der Waals surface area contributed by atoms with Gasteiger partial charge in [-0.05, 0) is 5.56 Å². The van der Waals surface area contributed by atoms with Gasteiger partial charge in [0.05, 0.1) is 0 Å². The second kappa shape index (κ2) is 7.55. The summed E-state index contributed by atoms with van der Waals surface area (Å²) in [6.07, 6.45) is 0.698. The molecule has 2 aromatic carbocycles. The molecule has 2 aromatic heterocycles. The molecule has 0 bridgehead atoms. The highest BCUT2D eigenvalue weighted by Gasteiger charge is 2.14. The maximum Gasteiger partial charge on any atom is 0.276 e. The van der Waals surface area contributed by atoms with E-state index >= 15 is 0 Å². The van der Waals surface area contributed by atoms with Gasteiger partial charge in [-0.15, -0.1) is 21.5 Å². The molecule has 0 fully saturated rings. The number of carbonyl (C=O) groups excluding carboxylic acids is 1. The summed E-state index contributed by atoms with van der Waals surface area (Å²) in [4.78, 5) is 16.8. The molecule has 4 aromatic rings. The Bertz CT molecular complexity index is 1010. The van der Waals surface area contributed by atoms with E-state index in [-0.39, 0.29) is 5.91 Å². The van der Waals surface area contributed by atoms with E-state index in [9.17, 15) is 4.79 Å². The van der Waals surface area contributed by atoms with E-state index in [0.29, 0.717) is 17.2 Å². The van der Waals surface area contributed by atoms with Crippen molar-refractivity contribution < 1.29 is 4.79 Å². The smallest absolute Gasteiger partial charge is 0.276 e. The number of nitrogens with zero attached hydrogens (tertiary/aromatic N) is 3. The topological polar surface area (TPSA) is 67.8 Å². The lowest BCUT2D eigenvalue weighted by molar-refractivity contribution is 0.102. The molecule has 0 saturated carbocycles. The van der Waals surface area contributed by atoms with Crippen LogP contribution in [-0.2, 0) is 6.42 Å². The average Bonchev–Trinajstić information content (AvgIpc) is 3.33. The highest BCUT2D eigenvalue weighted by atomic mass is 32.1. The maximum absolute atomic E-state index is 12.4. The van der Waals surface area contributed by atoms with Crippen LogP contribution in [0.5, 0.6) is 0 Å². The Kier molecular flexibility index (Phi) is 4.81. The molecule has 1 N–H and O–H groups in total. The molecule has 26 heavy (non-hydrogen) atoms. The lowest BCUT2D eigenvalue weighted by atomic mass is 10.2. The number of benzene rings is 2. The minimum atomic E-state index is -0.272. The number of nitrogens with one attached hydrogen (secondary N) is 1. The molecule has 0 spiro atoms. The molecular formula is C19H14N4OS2. The number of aromatic nitrogens is 3. The van der Waals surface area contributed by atoms with E-state index in [4.69, 9.17) is 0 Å². The second-order valence-corrected chi connectivity index (χ2v) is 7.44. The van der Waals surface area contributed by atoms with Gasteiger partial charge in [0.2, 0.25) is 5.13 Å². The second-order valence-electron chi connectivity index (χ2n) is 5.52. The van der Waals surface area contributed by atoms with Crippen LogP contribution in [0.3, 0.4) is 0 Å². The highest BCUT2D eigenvalue weighted by molar-refractivity contribution is 7.15. The van der Waals surface area contributed by atoms with Crippen molar-refractivity contribution in [2.75, 3.05) is 5.32 Å². The Labute approximate surface area is 158 Å². The molecule has 2 heterocycles. The third-order valence-electron chi connectivity index (χ3n) is 3.64. The first-order valence-corrected chi connectivity index (χ1v) is 9.66. The number of rotatable bonds is 5. The van der Waals surface area contributed by atoms with Crippen LogP contribution in [-0.4, -0.2) is 21.1 Å². The van der Waals surface area contributed by atoms with Crippen molar-refractivity contribution in [1.29, 1.82) is 0 Å².